The van der Waals surface area contributed by atoms with E-state index in [1.807, 2.05) is 19.2 Å². The number of nitrogens with zero attached hydrogens (tertiary/aromatic N) is 1. The van der Waals surface area contributed by atoms with Crippen molar-refractivity contribution >= 4 is 11.6 Å². The average Bonchev–Trinajstić information content (AvgIpc) is 2.02. The van der Waals surface area contributed by atoms with Crippen LogP contribution in [0.15, 0.2) is 24.3 Å². The monoisotopic (exact) mass is 196 g/mol. The van der Waals surface area contributed by atoms with Gasteiger partial charge in [-0.1, -0.05) is 23.7 Å². The molecule has 0 spiro atoms. The van der Waals surface area contributed by atoms with Crippen LogP contribution in [0.1, 0.15) is 11.5 Å². The fourth-order valence-electron chi connectivity index (χ4n) is 1.63. The first-order valence-corrected chi connectivity index (χ1v) is 4.85. The quantitative estimate of drug-likeness (QED) is 0.777. The standard InChI is InChI=1S/C10H13ClN2/c1-12-13-6-9(7-13)8-3-2-4-10(11)5-8/h2-5,9,12H,6-7H2,1H3. The maximum absolute atomic E-state index is 5.91. The third kappa shape index (κ3) is 1.85. The lowest BCUT2D eigenvalue weighted by Crippen LogP contribution is -2.51. The molecule has 1 aromatic carbocycles. The van der Waals surface area contributed by atoms with Gasteiger partial charge in [-0.25, -0.2) is 5.01 Å². The molecule has 0 radical (unpaired) electrons. The van der Waals surface area contributed by atoms with Crippen LogP contribution in [0.2, 0.25) is 5.02 Å². The summed E-state index contributed by atoms with van der Waals surface area (Å²) < 4.78 is 0. The first-order chi connectivity index (χ1) is 6.29. The zero-order chi connectivity index (χ0) is 9.26. The number of halogens is 1. The molecule has 0 amide bonds. The first kappa shape index (κ1) is 9.00. The molecule has 1 aliphatic rings. The van der Waals surface area contributed by atoms with Gasteiger partial charge in [0.15, 0.2) is 0 Å². The largest absolute Gasteiger partial charge is 0.258 e. The summed E-state index contributed by atoms with van der Waals surface area (Å²) in [7, 11) is 1.95. The van der Waals surface area contributed by atoms with E-state index in [1.54, 1.807) is 0 Å². The molecule has 0 atom stereocenters. The minimum Gasteiger partial charge on any atom is -0.258 e. The molecule has 1 saturated heterocycles. The van der Waals surface area contributed by atoms with Crippen LogP contribution in [0.25, 0.3) is 0 Å². The molecule has 0 aromatic heterocycles. The molecule has 2 rings (SSSR count). The third-order valence-electron chi connectivity index (χ3n) is 2.52. The fraction of sp³-hybridized carbons (Fsp3) is 0.400. The molecule has 0 aliphatic carbocycles. The summed E-state index contributed by atoms with van der Waals surface area (Å²) in [5.74, 6) is 0.645. The second-order valence-electron chi connectivity index (χ2n) is 3.38. The van der Waals surface area contributed by atoms with Crippen molar-refractivity contribution in [2.75, 3.05) is 20.1 Å². The fourth-order valence-corrected chi connectivity index (χ4v) is 1.83. The molecule has 0 saturated carbocycles. The number of benzene rings is 1. The Hall–Kier alpha value is -0.570. The van der Waals surface area contributed by atoms with Gasteiger partial charge in [0.1, 0.15) is 0 Å². The SMILES string of the molecule is CNN1CC(c2cccc(Cl)c2)C1. The summed E-state index contributed by atoms with van der Waals surface area (Å²) in [5.41, 5.74) is 4.46. The summed E-state index contributed by atoms with van der Waals surface area (Å²) in [6.45, 7) is 2.16. The Kier molecular flexibility index (Phi) is 2.54. The van der Waals surface area contributed by atoms with Crippen molar-refractivity contribution in [3.8, 4) is 0 Å². The van der Waals surface area contributed by atoms with Gasteiger partial charge in [0.2, 0.25) is 0 Å². The molecule has 2 nitrogen and oxygen atoms in total. The Balaban J connectivity index is 2.03. The zero-order valence-corrected chi connectivity index (χ0v) is 8.38. The van der Waals surface area contributed by atoms with E-state index in [1.165, 1.54) is 5.56 Å². The van der Waals surface area contributed by atoms with Crippen LogP contribution >= 0.6 is 11.6 Å². The van der Waals surface area contributed by atoms with Gasteiger partial charge in [0, 0.05) is 24.0 Å². The number of hydrazine groups is 1. The highest BCUT2D eigenvalue weighted by Crippen LogP contribution is 2.26. The van der Waals surface area contributed by atoms with Crippen molar-refractivity contribution in [2.45, 2.75) is 5.92 Å². The van der Waals surface area contributed by atoms with Crippen LogP contribution in [-0.2, 0) is 0 Å². The van der Waals surface area contributed by atoms with Crippen molar-refractivity contribution in [1.82, 2.24) is 10.4 Å². The van der Waals surface area contributed by atoms with Crippen LogP contribution in [-0.4, -0.2) is 25.1 Å². The molecule has 1 aliphatic heterocycles. The first-order valence-electron chi connectivity index (χ1n) is 4.47. The van der Waals surface area contributed by atoms with Gasteiger partial charge in [-0.15, -0.1) is 0 Å². The zero-order valence-electron chi connectivity index (χ0n) is 7.63. The molecular formula is C10H13ClN2. The number of rotatable bonds is 2. The van der Waals surface area contributed by atoms with E-state index in [2.05, 4.69) is 22.6 Å². The normalized spacial score (nSPS) is 18.6. The van der Waals surface area contributed by atoms with Crippen molar-refractivity contribution in [2.24, 2.45) is 0 Å². The van der Waals surface area contributed by atoms with Crippen molar-refractivity contribution < 1.29 is 0 Å². The maximum atomic E-state index is 5.91. The Morgan fingerprint density at radius 3 is 2.85 bits per heavy atom. The lowest BCUT2D eigenvalue weighted by atomic mass is 9.93. The van der Waals surface area contributed by atoms with Gasteiger partial charge in [0.25, 0.3) is 0 Å². The van der Waals surface area contributed by atoms with Gasteiger partial charge in [-0.05, 0) is 24.7 Å². The highest BCUT2D eigenvalue weighted by molar-refractivity contribution is 6.30. The van der Waals surface area contributed by atoms with Crippen LogP contribution in [0.3, 0.4) is 0 Å². The predicted octanol–water partition coefficient (Wildman–Crippen LogP) is 1.87. The molecule has 0 unspecified atom stereocenters. The Bertz CT molecular complexity index is 295. The molecular weight excluding hydrogens is 184 g/mol. The van der Waals surface area contributed by atoms with Crippen molar-refractivity contribution in [3.63, 3.8) is 0 Å². The Morgan fingerprint density at radius 2 is 2.23 bits per heavy atom. The molecule has 1 aromatic rings. The minimum atomic E-state index is 0.645. The van der Waals surface area contributed by atoms with Gasteiger partial charge < -0.3 is 0 Å². The summed E-state index contributed by atoms with van der Waals surface area (Å²) in [6, 6.07) is 8.13. The summed E-state index contributed by atoms with van der Waals surface area (Å²) in [4.78, 5) is 0. The number of hydrogen-bond donors (Lipinski definition) is 1. The highest BCUT2D eigenvalue weighted by atomic mass is 35.5. The smallest absolute Gasteiger partial charge is 0.0408 e. The summed E-state index contributed by atoms with van der Waals surface area (Å²) in [6.07, 6.45) is 0. The van der Waals surface area contributed by atoms with E-state index in [0.29, 0.717) is 5.92 Å². The lowest BCUT2D eigenvalue weighted by Gasteiger charge is -2.38. The molecule has 13 heavy (non-hydrogen) atoms. The van der Waals surface area contributed by atoms with E-state index in [4.69, 9.17) is 11.6 Å². The average molecular weight is 197 g/mol. The van der Waals surface area contributed by atoms with Crippen LogP contribution < -0.4 is 5.43 Å². The van der Waals surface area contributed by atoms with Gasteiger partial charge >= 0.3 is 0 Å². The summed E-state index contributed by atoms with van der Waals surface area (Å²) >= 11 is 5.91. The van der Waals surface area contributed by atoms with Gasteiger partial charge in [0.05, 0.1) is 0 Å². The molecule has 0 bridgehead atoms. The minimum absolute atomic E-state index is 0.645. The predicted molar refractivity (Wildman–Crippen MR) is 54.8 cm³/mol. The number of hydrogen-bond acceptors (Lipinski definition) is 2. The van der Waals surface area contributed by atoms with E-state index < -0.39 is 0 Å². The second-order valence-corrected chi connectivity index (χ2v) is 3.82. The molecule has 1 fully saturated rings. The van der Waals surface area contributed by atoms with Crippen LogP contribution in [0.5, 0.6) is 0 Å². The third-order valence-corrected chi connectivity index (χ3v) is 2.75. The van der Waals surface area contributed by atoms with Crippen molar-refractivity contribution in [3.05, 3.63) is 34.9 Å². The Morgan fingerprint density at radius 1 is 1.46 bits per heavy atom. The van der Waals surface area contributed by atoms with Crippen molar-refractivity contribution in [1.29, 1.82) is 0 Å². The van der Waals surface area contributed by atoms with E-state index in [9.17, 15) is 0 Å². The topological polar surface area (TPSA) is 15.3 Å². The van der Waals surface area contributed by atoms with Crippen LogP contribution in [0, 0.1) is 0 Å². The Labute approximate surface area is 83.5 Å². The van der Waals surface area contributed by atoms with Crippen LogP contribution in [0.4, 0.5) is 0 Å². The molecule has 1 N–H and O–H groups in total. The molecule has 1 heterocycles. The lowest BCUT2D eigenvalue weighted by molar-refractivity contribution is 0.0958. The van der Waals surface area contributed by atoms with Gasteiger partial charge in [-0.3, -0.25) is 5.43 Å². The summed E-state index contributed by atoms with van der Waals surface area (Å²) in [5, 5.41) is 3.02. The van der Waals surface area contributed by atoms with Gasteiger partial charge in [-0.2, -0.15) is 0 Å². The highest BCUT2D eigenvalue weighted by Gasteiger charge is 2.26. The van der Waals surface area contributed by atoms with E-state index in [-0.39, 0.29) is 0 Å². The molecule has 3 heteroatoms. The van der Waals surface area contributed by atoms with E-state index in [0.717, 1.165) is 18.1 Å². The van der Waals surface area contributed by atoms with E-state index >= 15 is 0 Å². The molecule has 70 valence electrons. The second kappa shape index (κ2) is 3.66. The maximum Gasteiger partial charge on any atom is 0.0408 e. The number of nitrogens with one attached hydrogen (secondary N) is 1.